The minimum absolute atomic E-state index is 0.00434. The Morgan fingerprint density at radius 2 is 2.17 bits per heavy atom. The van der Waals surface area contributed by atoms with E-state index in [4.69, 9.17) is 10.2 Å². The zero-order chi connectivity index (χ0) is 13.8. The standard InChI is InChI=1S/C13H20N2O3/c1-13(2,3)10(6-8-16)15-9-5-4-7-14-11(9)12(17)18/h4-5,7,10,15-16H,6,8H2,1-3H3,(H,17,18). The van der Waals surface area contributed by atoms with Crippen LogP contribution >= 0.6 is 0 Å². The van der Waals surface area contributed by atoms with Crippen LogP contribution in [0.4, 0.5) is 5.69 Å². The molecule has 100 valence electrons. The summed E-state index contributed by atoms with van der Waals surface area (Å²) in [6, 6.07) is 3.35. The van der Waals surface area contributed by atoms with Gasteiger partial charge in [0.25, 0.3) is 0 Å². The van der Waals surface area contributed by atoms with Gasteiger partial charge in [0.1, 0.15) is 0 Å². The molecule has 18 heavy (non-hydrogen) atoms. The minimum Gasteiger partial charge on any atom is -0.476 e. The number of carbonyl (C=O) groups is 1. The number of aliphatic hydroxyl groups is 1. The molecule has 3 N–H and O–H groups in total. The molecule has 0 spiro atoms. The highest BCUT2D eigenvalue weighted by atomic mass is 16.4. The molecule has 0 aliphatic carbocycles. The van der Waals surface area contributed by atoms with Gasteiger partial charge in [0, 0.05) is 18.8 Å². The van der Waals surface area contributed by atoms with Crippen molar-refractivity contribution in [1.29, 1.82) is 0 Å². The molecule has 0 radical (unpaired) electrons. The van der Waals surface area contributed by atoms with E-state index in [0.717, 1.165) is 0 Å². The monoisotopic (exact) mass is 252 g/mol. The maximum absolute atomic E-state index is 11.1. The fraction of sp³-hybridized carbons (Fsp3) is 0.538. The second kappa shape index (κ2) is 5.82. The third-order valence-corrected chi connectivity index (χ3v) is 2.80. The highest BCUT2D eigenvalue weighted by Crippen LogP contribution is 2.26. The lowest BCUT2D eigenvalue weighted by molar-refractivity contribution is 0.0691. The van der Waals surface area contributed by atoms with E-state index in [1.165, 1.54) is 6.20 Å². The molecule has 1 aromatic rings. The Morgan fingerprint density at radius 3 is 2.67 bits per heavy atom. The number of nitrogens with one attached hydrogen (secondary N) is 1. The van der Waals surface area contributed by atoms with Gasteiger partial charge in [-0.3, -0.25) is 0 Å². The zero-order valence-corrected chi connectivity index (χ0v) is 11.0. The Morgan fingerprint density at radius 1 is 1.50 bits per heavy atom. The average Bonchev–Trinajstić information content (AvgIpc) is 2.27. The molecule has 1 atom stereocenters. The van der Waals surface area contributed by atoms with Crippen LogP contribution in [0.15, 0.2) is 18.3 Å². The van der Waals surface area contributed by atoms with Gasteiger partial charge in [-0.15, -0.1) is 0 Å². The van der Waals surface area contributed by atoms with E-state index in [1.54, 1.807) is 12.1 Å². The zero-order valence-electron chi connectivity index (χ0n) is 11.0. The van der Waals surface area contributed by atoms with E-state index < -0.39 is 5.97 Å². The number of hydrogen-bond donors (Lipinski definition) is 3. The lowest BCUT2D eigenvalue weighted by Crippen LogP contribution is -2.35. The Labute approximate surface area is 107 Å². The quantitative estimate of drug-likeness (QED) is 0.746. The molecule has 0 amide bonds. The average molecular weight is 252 g/mol. The third kappa shape index (κ3) is 3.70. The van der Waals surface area contributed by atoms with E-state index in [0.29, 0.717) is 12.1 Å². The molecule has 1 heterocycles. The van der Waals surface area contributed by atoms with Gasteiger partial charge >= 0.3 is 5.97 Å². The summed E-state index contributed by atoms with van der Waals surface area (Å²) in [6.45, 7) is 6.17. The van der Waals surface area contributed by atoms with Gasteiger partial charge in [0.15, 0.2) is 5.69 Å². The predicted octanol–water partition coefficient (Wildman–Crippen LogP) is 1.99. The van der Waals surface area contributed by atoms with E-state index in [2.05, 4.69) is 10.3 Å². The fourth-order valence-corrected chi connectivity index (χ4v) is 1.73. The van der Waals surface area contributed by atoms with E-state index in [1.807, 2.05) is 20.8 Å². The van der Waals surface area contributed by atoms with Crippen molar-refractivity contribution in [2.24, 2.45) is 5.41 Å². The van der Waals surface area contributed by atoms with Crippen LogP contribution in [0.1, 0.15) is 37.7 Å². The highest BCUT2D eigenvalue weighted by molar-refractivity contribution is 5.91. The lowest BCUT2D eigenvalue weighted by Gasteiger charge is -2.32. The number of carboxylic acids is 1. The van der Waals surface area contributed by atoms with Crippen molar-refractivity contribution in [1.82, 2.24) is 4.98 Å². The van der Waals surface area contributed by atoms with Crippen molar-refractivity contribution in [3.63, 3.8) is 0 Å². The van der Waals surface area contributed by atoms with Crippen LogP contribution in [0.5, 0.6) is 0 Å². The summed E-state index contributed by atoms with van der Waals surface area (Å²) in [4.78, 5) is 14.9. The molecule has 0 fully saturated rings. The van der Waals surface area contributed by atoms with Crippen LogP contribution in [-0.4, -0.2) is 33.8 Å². The summed E-state index contributed by atoms with van der Waals surface area (Å²) in [5.41, 5.74) is 0.400. The van der Waals surface area contributed by atoms with Gasteiger partial charge in [0.05, 0.1) is 5.69 Å². The number of pyridine rings is 1. The normalized spacial score (nSPS) is 13.1. The van der Waals surface area contributed by atoms with E-state index in [9.17, 15) is 4.79 Å². The predicted molar refractivity (Wildman–Crippen MR) is 69.8 cm³/mol. The van der Waals surface area contributed by atoms with Crippen molar-refractivity contribution >= 4 is 11.7 Å². The number of anilines is 1. The van der Waals surface area contributed by atoms with Crippen molar-refractivity contribution < 1.29 is 15.0 Å². The molecule has 0 aliphatic heterocycles. The molecule has 5 nitrogen and oxygen atoms in total. The first-order valence-electron chi connectivity index (χ1n) is 5.92. The molecular weight excluding hydrogens is 232 g/mol. The first-order valence-corrected chi connectivity index (χ1v) is 5.92. The number of rotatable bonds is 5. The molecule has 0 saturated heterocycles. The molecule has 0 bridgehead atoms. The molecule has 1 unspecified atom stereocenters. The summed E-state index contributed by atoms with van der Waals surface area (Å²) >= 11 is 0. The van der Waals surface area contributed by atoms with Crippen LogP contribution in [0.2, 0.25) is 0 Å². The van der Waals surface area contributed by atoms with Crippen LogP contribution in [0, 0.1) is 5.41 Å². The topological polar surface area (TPSA) is 82.5 Å². The van der Waals surface area contributed by atoms with Gasteiger partial charge in [-0.1, -0.05) is 20.8 Å². The highest BCUT2D eigenvalue weighted by Gasteiger charge is 2.25. The number of carboxylic acid groups (broad SMARTS) is 1. The number of nitrogens with zero attached hydrogens (tertiary/aromatic N) is 1. The summed E-state index contributed by atoms with van der Waals surface area (Å²) in [5, 5.41) is 21.3. The molecule has 0 saturated carbocycles. The van der Waals surface area contributed by atoms with Crippen LogP contribution in [0.3, 0.4) is 0 Å². The smallest absolute Gasteiger partial charge is 0.356 e. The van der Waals surface area contributed by atoms with E-state index >= 15 is 0 Å². The van der Waals surface area contributed by atoms with Crippen LogP contribution in [-0.2, 0) is 0 Å². The van der Waals surface area contributed by atoms with Crippen molar-refractivity contribution in [2.75, 3.05) is 11.9 Å². The molecule has 0 aromatic carbocycles. The summed E-state index contributed by atoms with van der Waals surface area (Å²) in [5.74, 6) is -1.06. The second-order valence-corrected chi connectivity index (χ2v) is 5.28. The Balaban J connectivity index is 2.97. The summed E-state index contributed by atoms with van der Waals surface area (Å²) < 4.78 is 0. The van der Waals surface area contributed by atoms with Gasteiger partial charge < -0.3 is 15.5 Å². The molecule has 5 heteroatoms. The molecule has 1 rings (SSSR count). The van der Waals surface area contributed by atoms with Gasteiger partial charge in [0.2, 0.25) is 0 Å². The largest absolute Gasteiger partial charge is 0.476 e. The Bertz CT molecular complexity index is 413. The third-order valence-electron chi connectivity index (χ3n) is 2.80. The Hall–Kier alpha value is -1.62. The van der Waals surface area contributed by atoms with Gasteiger partial charge in [-0.25, -0.2) is 9.78 Å². The SMILES string of the molecule is CC(C)(C)C(CCO)Nc1cccnc1C(=O)O. The van der Waals surface area contributed by atoms with Crippen LogP contribution in [0.25, 0.3) is 0 Å². The van der Waals surface area contributed by atoms with Crippen molar-refractivity contribution in [2.45, 2.75) is 33.2 Å². The molecule has 1 aromatic heterocycles. The minimum atomic E-state index is -1.06. The number of aromatic nitrogens is 1. The molecule has 0 aliphatic rings. The van der Waals surface area contributed by atoms with Gasteiger partial charge in [-0.2, -0.15) is 0 Å². The first kappa shape index (κ1) is 14.4. The van der Waals surface area contributed by atoms with Crippen molar-refractivity contribution in [3.05, 3.63) is 24.0 Å². The molecular formula is C13H20N2O3. The first-order chi connectivity index (χ1) is 8.36. The maximum atomic E-state index is 11.1. The number of hydrogen-bond acceptors (Lipinski definition) is 4. The van der Waals surface area contributed by atoms with E-state index in [-0.39, 0.29) is 23.8 Å². The summed E-state index contributed by atoms with van der Waals surface area (Å²) in [7, 11) is 0. The number of aromatic carboxylic acids is 1. The van der Waals surface area contributed by atoms with Gasteiger partial charge in [-0.05, 0) is 24.0 Å². The lowest BCUT2D eigenvalue weighted by atomic mass is 9.84. The number of aliphatic hydroxyl groups excluding tert-OH is 1. The van der Waals surface area contributed by atoms with Crippen molar-refractivity contribution in [3.8, 4) is 0 Å². The Kier molecular flexibility index (Phi) is 4.67. The van der Waals surface area contributed by atoms with Crippen LogP contribution < -0.4 is 5.32 Å². The summed E-state index contributed by atoms with van der Waals surface area (Å²) in [6.07, 6.45) is 2.00. The second-order valence-electron chi connectivity index (χ2n) is 5.28. The fourth-order valence-electron chi connectivity index (χ4n) is 1.73. The maximum Gasteiger partial charge on any atom is 0.356 e.